The first-order valence-corrected chi connectivity index (χ1v) is 5.25. The number of methoxy groups -OCH3 is 1. The van der Waals surface area contributed by atoms with Crippen molar-refractivity contribution in [2.24, 2.45) is 0 Å². The Morgan fingerprint density at radius 3 is 2.73 bits per heavy atom. The van der Waals surface area contributed by atoms with Gasteiger partial charge < -0.3 is 14.8 Å². The van der Waals surface area contributed by atoms with E-state index in [1.807, 2.05) is 6.07 Å². The highest BCUT2D eigenvalue weighted by atomic mass is 16.7. The summed E-state index contributed by atoms with van der Waals surface area (Å²) in [6.07, 6.45) is 1.01. The third kappa shape index (κ3) is 6.23. The van der Waals surface area contributed by atoms with Crippen LogP contribution in [0.4, 0.5) is 0 Å². The summed E-state index contributed by atoms with van der Waals surface area (Å²) in [5.41, 5.74) is 1.32. The van der Waals surface area contributed by atoms with E-state index in [2.05, 4.69) is 29.6 Å². The first-order valence-electron chi connectivity index (χ1n) is 5.25. The number of hydrogen-bond acceptors (Lipinski definition) is 3. The summed E-state index contributed by atoms with van der Waals surface area (Å²) >= 11 is 0. The van der Waals surface area contributed by atoms with Gasteiger partial charge in [-0.05, 0) is 18.5 Å². The van der Waals surface area contributed by atoms with E-state index in [4.69, 9.17) is 9.47 Å². The molecule has 0 amide bonds. The van der Waals surface area contributed by atoms with Crippen molar-refractivity contribution in [3.05, 3.63) is 35.9 Å². The zero-order valence-corrected chi connectivity index (χ0v) is 9.24. The molecule has 0 atom stereocenters. The van der Waals surface area contributed by atoms with Gasteiger partial charge in [-0.1, -0.05) is 30.3 Å². The highest BCUT2D eigenvalue weighted by Gasteiger charge is 1.91. The van der Waals surface area contributed by atoms with Gasteiger partial charge in [0.2, 0.25) is 0 Å². The summed E-state index contributed by atoms with van der Waals surface area (Å²) in [4.78, 5) is 0. The van der Waals surface area contributed by atoms with Crippen molar-refractivity contribution in [2.45, 2.75) is 13.0 Å². The molecule has 0 saturated heterocycles. The maximum atomic E-state index is 5.17. The van der Waals surface area contributed by atoms with Crippen LogP contribution in [-0.4, -0.2) is 27.1 Å². The Morgan fingerprint density at radius 2 is 2.00 bits per heavy atom. The summed E-state index contributed by atoms with van der Waals surface area (Å²) in [7, 11) is 1.63. The smallest absolute Gasteiger partial charge is 0.146 e. The molecule has 0 aliphatic carbocycles. The van der Waals surface area contributed by atoms with Crippen LogP contribution >= 0.6 is 0 Å². The highest BCUT2D eigenvalue weighted by molar-refractivity contribution is 5.14. The fraction of sp³-hybridized carbons (Fsp3) is 0.500. The average Bonchev–Trinajstić information content (AvgIpc) is 2.29. The zero-order valence-electron chi connectivity index (χ0n) is 9.24. The molecule has 0 unspecified atom stereocenters. The molecule has 0 aliphatic rings. The van der Waals surface area contributed by atoms with E-state index in [0.29, 0.717) is 6.79 Å². The minimum absolute atomic E-state index is 0.388. The minimum atomic E-state index is 0.388. The second kappa shape index (κ2) is 8.41. The van der Waals surface area contributed by atoms with E-state index in [-0.39, 0.29) is 0 Å². The van der Waals surface area contributed by atoms with Gasteiger partial charge in [-0.3, -0.25) is 0 Å². The molecule has 1 aromatic carbocycles. The van der Waals surface area contributed by atoms with Crippen molar-refractivity contribution >= 4 is 0 Å². The van der Waals surface area contributed by atoms with Gasteiger partial charge in [0, 0.05) is 13.7 Å². The summed E-state index contributed by atoms with van der Waals surface area (Å²) in [5.74, 6) is 0. The Hall–Kier alpha value is -0.900. The Balaban J connectivity index is 1.93. The lowest BCUT2D eigenvalue weighted by Gasteiger charge is -2.05. The number of rotatable bonds is 8. The standard InChI is InChI=1S/C12H19NO2/c1-14-11-15-9-5-8-13-10-12-6-3-2-4-7-12/h2-4,6-7,13H,5,8-11H2,1H3. The Morgan fingerprint density at radius 1 is 1.20 bits per heavy atom. The molecule has 84 valence electrons. The molecule has 0 radical (unpaired) electrons. The van der Waals surface area contributed by atoms with Crippen LogP contribution in [0.3, 0.4) is 0 Å². The number of ether oxygens (including phenoxy) is 2. The minimum Gasteiger partial charge on any atom is -0.359 e. The molecule has 1 rings (SSSR count). The number of benzene rings is 1. The van der Waals surface area contributed by atoms with Crippen LogP contribution in [0.2, 0.25) is 0 Å². The highest BCUT2D eigenvalue weighted by Crippen LogP contribution is 1.96. The fourth-order valence-electron chi connectivity index (χ4n) is 1.27. The summed E-state index contributed by atoms with van der Waals surface area (Å²) in [5, 5.41) is 3.36. The molecule has 3 nitrogen and oxygen atoms in total. The Kier molecular flexibility index (Phi) is 6.83. The van der Waals surface area contributed by atoms with Crippen molar-refractivity contribution in [2.75, 3.05) is 27.1 Å². The first-order chi connectivity index (χ1) is 7.43. The molecule has 1 aromatic rings. The van der Waals surface area contributed by atoms with E-state index < -0.39 is 0 Å². The molecule has 0 heterocycles. The lowest BCUT2D eigenvalue weighted by Crippen LogP contribution is -2.16. The third-order valence-electron chi connectivity index (χ3n) is 2.02. The van der Waals surface area contributed by atoms with Crippen LogP contribution < -0.4 is 5.32 Å². The molecule has 3 heteroatoms. The number of hydrogen-bond donors (Lipinski definition) is 1. The van der Waals surface area contributed by atoms with Gasteiger partial charge in [-0.15, -0.1) is 0 Å². The largest absolute Gasteiger partial charge is 0.359 e. The predicted octanol–water partition coefficient (Wildman–Crippen LogP) is 1.79. The molecule has 0 aromatic heterocycles. The molecule has 0 saturated carbocycles. The summed E-state index contributed by atoms with van der Waals surface area (Å²) in [6, 6.07) is 10.4. The van der Waals surface area contributed by atoms with Crippen molar-refractivity contribution in [1.82, 2.24) is 5.32 Å². The first kappa shape index (κ1) is 12.2. The fourth-order valence-corrected chi connectivity index (χ4v) is 1.27. The van der Waals surface area contributed by atoms with Crippen molar-refractivity contribution in [1.29, 1.82) is 0 Å². The Labute approximate surface area is 91.4 Å². The molecular weight excluding hydrogens is 190 g/mol. The average molecular weight is 209 g/mol. The molecule has 0 fully saturated rings. The van der Waals surface area contributed by atoms with Gasteiger partial charge in [-0.2, -0.15) is 0 Å². The number of nitrogens with one attached hydrogen (secondary N) is 1. The molecular formula is C12H19NO2. The van der Waals surface area contributed by atoms with Gasteiger partial charge in [0.25, 0.3) is 0 Å². The molecule has 0 spiro atoms. The summed E-state index contributed by atoms with van der Waals surface area (Å²) < 4.78 is 9.95. The van der Waals surface area contributed by atoms with E-state index in [1.165, 1.54) is 5.56 Å². The molecule has 15 heavy (non-hydrogen) atoms. The second-order valence-electron chi connectivity index (χ2n) is 3.33. The van der Waals surface area contributed by atoms with E-state index >= 15 is 0 Å². The van der Waals surface area contributed by atoms with Crippen LogP contribution in [0.25, 0.3) is 0 Å². The van der Waals surface area contributed by atoms with Crippen molar-refractivity contribution in [3.8, 4) is 0 Å². The van der Waals surface area contributed by atoms with Crippen LogP contribution in [0.5, 0.6) is 0 Å². The lowest BCUT2D eigenvalue weighted by molar-refractivity contribution is -0.0309. The topological polar surface area (TPSA) is 30.5 Å². The van der Waals surface area contributed by atoms with E-state index in [0.717, 1.165) is 26.1 Å². The molecule has 1 N–H and O–H groups in total. The third-order valence-corrected chi connectivity index (χ3v) is 2.02. The normalized spacial score (nSPS) is 10.5. The predicted molar refractivity (Wildman–Crippen MR) is 60.6 cm³/mol. The maximum Gasteiger partial charge on any atom is 0.146 e. The van der Waals surface area contributed by atoms with E-state index in [1.54, 1.807) is 7.11 Å². The van der Waals surface area contributed by atoms with Gasteiger partial charge in [0.15, 0.2) is 0 Å². The van der Waals surface area contributed by atoms with Crippen LogP contribution in [0, 0.1) is 0 Å². The summed E-state index contributed by atoms with van der Waals surface area (Å²) in [6.45, 7) is 3.03. The van der Waals surface area contributed by atoms with Crippen molar-refractivity contribution < 1.29 is 9.47 Å². The quantitative estimate of drug-likeness (QED) is 0.523. The van der Waals surface area contributed by atoms with Crippen molar-refractivity contribution in [3.63, 3.8) is 0 Å². The second-order valence-corrected chi connectivity index (χ2v) is 3.33. The van der Waals surface area contributed by atoms with Gasteiger partial charge in [0.05, 0.1) is 6.61 Å². The van der Waals surface area contributed by atoms with E-state index in [9.17, 15) is 0 Å². The van der Waals surface area contributed by atoms with Crippen LogP contribution in [-0.2, 0) is 16.0 Å². The Bertz CT molecular complexity index is 239. The SMILES string of the molecule is COCOCCCNCc1ccccc1. The molecule has 0 aliphatic heterocycles. The van der Waals surface area contributed by atoms with Gasteiger partial charge in [0.1, 0.15) is 6.79 Å². The maximum absolute atomic E-state index is 5.17. The molecule has 0 bridgehead atoms. The van der Waals surface area contributed by atoms with Crippen LogP contribution in [0.1, 0.15) is 12.0 Å². The lowest BCUT2D eigenvalue weighted by atomic mass is 10.2. The van der Waals surface area contributed by atoms with Gasteiger partial charge >= 0.3 is 0 Å². The van der Waals surface area contributed by atoms with Crippen LogP contribution in [0.15, 0.2) is 30.3 Å². The zero-order chi connectivity index (χ0) is 10.8. The van der Waals surface area contributed by atoms with Gasteiger partial charge in [-0.25, -0.2) is 0 Å². The monoisotopic (exact) mass is 209 g/mol.